The van der Waals surface area contributed by atoms with E-state index >= 15 is 0 Å². The van der Waals surface area contributed by atoms with Crippen LogP contribution in [0.15, 0.2) is 9.59 Å². The summed E-state index contributed by atoms with van der Waals surface area (Å²) in [6, 6.07) is 0. The summed E-state index contributed by atoms with van der Waals surface area (Å²) in [7, 11) is 1.57. The van der Waals surface area contributed by atoms with Gasteiger partial charge in [0.2, 0.25) is 0 Å². The topological polar surface area (TPSA) is 63.2 Å². The van der Waals surface area contributed by atoms with Crippen molar-refractivity contribution >= 4 is 37.0 Å². The first-order valence-corrected chi connectivity index (χ1v) is 10.2. The SMILES string of the molecule is Cc1c(C(=O)NCC2(C)CCCCC2)csc1S(=O)(=O)Cl. The second-order valence-electron chi connectivity index (χ2n) is 6.05. The van der Waals surface area contributed by atoms with E-state index in [2.05, 4.69) is 12.2 Å². The summed E-state index contributed by atoms with van der Waals surface area (Å²) >= 11 is 0.991. The standard InChI is InChI=1S/C14H20ClNO3S2/c1-10-11(8-20-13(10)21(15,18)19)12(17)16-9-14(2)6-4-3-5-7-14/h8H,3-7,9H2,1-2H3,(H,16,17). The maximum atomic E-state index is 12.2. The molecule has 118 valence electrons. The van der Waals surface area contributed by atoms with E-state index in [9.17, 15) is 13.2 Å². The highest BCUT2D eigenvalue weighted by atomic mass is 35.7. The molecule has 1 fully saturated rings. The van der Waals surface area contributed by atoms with Crippen molar-refractivity contribution in [3.8, 4) is 0 Å². The van der Waals surface area contributed by atoms with Gasteiger partial charge in [-0.25, -0.2) is 8.42 Å². The largest absolute Gasteiger partial charge is 0.351 e. The van der Waals surface area contributed by atoms with E-state index in [0.717, 1.165) is 24.2 Å². The van der Waals surface area contributed by atoms with Crippen LogP contribution in [-0.4, -0.2) is 20.9 Å². The highest BCUT2D eigenvalue weighted by Gasteiger charge is 2.28. The Morgan fingerprint density at radius 1 is 1.38 bits per heavy atom. The van der Waals surface area contributed by atoms with E-state index in [1.807, 2.05) is 0 Å². The molecule has 4 nitrogen and oxygen atoms in total. The Bertz CT molecular complexity index is 631. The number of rotatable bonds is 4. The molecule has 0 aliphatic heterocycles. The van der Waals surface area contributed by atoms with E-state index < -0.39 is 9.05 Å². The molecule has 2 rings (SSSR count). The van der Waals surface area contributed by atoms with Gasteiger partial charge in [0.25, 0.3) is 15.0 Å². The summed E-state index contributed by atoms with van der Waals surface area (Å²) in [5.41, 5.74) is 0.985. The molecule has 0 spiro atoms. The summed E-state index contributed by atoms with van der Waals surface area (Å²) in [4.78, 5) is 12.2. The highest BCUT2D eigenvalue weighted by Crippen LogP contribution is 2.35. The predicted octanol–water partition coefficient (Wildman–Crippen LogP) is 3.68. The van der Waals surface area contributed by atoms with E-state index in [1.54, 1.807) is 12.3 Å². The number of carbonyl (C=O) groups excluding carboxylic acids is 1. The molecule has 7 heteroatoms. The third-order valence-electron chi connectivity index (χ3n) is 4.20. The Balaban J connectivity index is 2.06. The Morgan fingerprint density at radius 3 is 2.52 bits per heavy atom. The molecule has 0 aromatic carbocycles. The fraction of sp³-hybridized carbons (Fsp3) is 0.643. The first-order chi connectivity index (χ1) is 9.73. The van der Waals surface area contributed by atoms with Crippen molar-refractivity contribution in [2.45, 2.75) is 50.2 Å². The van der Waals surface area contributed by atoms with E-state index in [0.29, 0.717) is 17.7 Å². The van der Waals surface area contributed by atoms with E-state index in [4.69, 9.17) is 10.7 Å². The van der Waals surface area contributed by atoms with Crippen LogP contribution in [0.5, 0.6) is 0 Å². The molecule has 0 atom stereocenters. The van der Waals surface area contributed by atoms with Gasteiger partial charge in [-0.1, -0.05) is 26.2 Å². The van der Waals surface area contributed by atoms with Crippen molar-refractivity contribution in [3.63, 3.8) is 0 Å². The molecule has 0 unspecified atom stereocenters. The number of carbonyl (C=O) groups is 1. The molecule has 1 aliphatic carbocycles. The monoisotopic (exact) mass is 349 g/mol. The lowest BCUT2D eigenvalue weighted by Crippen LogP contribution is -2.37. The minimum atomic E-state index is -3.78. The number of amides is 1. The molecular formula is C14H20ClNO3S2. The fourth-order valence-corrected chi connectivity index (χ4v) is 5.38. The summed E-state index contributed by atoms with van der Waals surface area (Å²) in [6.45, 7) is 4.44. The number of thiophene rings is 1. The Morgan fingerprint density at radius 2 is 2.00 bits per heavy atom. The van der Waals surface area contributed by atoms with Gasteiger partial charge in [0, 0.05) is 22.6 Å². The first kappa shape index (κ1) is 16.8. The highest BCUT2D eigenvalue weighted by molar-refractivity contribution is 8.15. The second-order valence-corrected chi connectivity index (χ2v) is 9.69. The average Bonchev–Trinajstić information content (AvgIpc) is 2.79. The van der Waals surface area contributed by atoms with E-state index in [-0.39, 0.29) is 15.5 Å². The van der Waals surface area contributed by atoms with Crippen LogP contribution in [-0.2, 0) is 9.05 Å². The Kier molecular flexibility index (Phi) is 5.00. The van der Waals surface area contributed by atoms with Crippen LogP contribution in [0.3, 0.4) is 0 Å². The van der Waals surface area contributed by atoms with Gasteiger partial charge in [0.1, 0.15) is 4.21 Å². The Hall–Kier alpha value is -0.590. The molecule has 0 radical (unpaired) electrons. The van der Waals surface area contributed by atoms with Gasteiger partial charge in [-0.05, 0) is 30.7 Å². The van der Waals surface area contributed by atoms with Crippen molar-refractivity contribution in [2.75, 3.05) is 6.54 Å². The molecule has 1 aromatic rings. The number of halogens is 1. The molecule has 0 bridgehead atoms. The first-order valence-electron chi connectivity index (χ1n) is 7.04. The zero-order valence-electron chi connectivity index (χ0n) is 12.2. The molecule has 1 N–H and O–H groups in total. The summed E-state index contributed by atoms with van der Waals surface area (Å²) in [6.07, 6.45) is 5.93. The molecule has 0 saturated heterocycles. The molecular weight excluding hydrogens is 330 g/mol. The van der Waals surface area contributed by atoms with Gasteiger partial charge in [-0.15, -0.1) is 11.3 Å². The quantitative estimate of drug-likeness (QED) is 0.843. The zero-order valence-corrected chi connectivity index (χ0v) is 14.6. The van der Waals surface area contributed by atoms with Crippen LogP contribution in [0.2, 0.25) is 0 Å². The van der Waals surface area contributed by atoms with Crippen molar-refractivity contribution in [3.05, 3.63) is 16.5 Å². The lowest BCUT2D eigenvalue weighted by atomic mass is 9.76. The molecule has 1 aliphatic rings. The second kappa shape index (κ2) is 6.26. The molecule has 21 heavy (non-hydrogen) atoms. The van der Waals surface area contributed by atoms with Crippen molar-refractivity contribution < 1.29 is 13.2 Å². The van der Waals surface area contributed by atoms with Crippen molar-refractivity contribution in [1.82, 2.24) is 5.32 Å². The van der Waals surface area contributed by atoms with Gasteiger partial charge in [0.05, 0.1) is 5.56 Å². The normalized spacial score (nSPS) is 18.4. The average molecular weight is 350 g/mol. The van der Waals surface area contributed by atoms with Crippen LogP contribution in [0.1, 0.15) is 54.9 Å². The minimum absolute atomic E-state index is 0.0539. The van der Waals surface area contributed by atoms with Gasteiger partial charge in [-0.3, -0.25) is 4.79 Å². The number of hydrogen-bond acceptors (Lipinski definition) is 4. The summed E-state index contributed by atoms with van der Waals surface area (Å²) in [5, 5.41) is 4.50. The van der Waals surface area contributed by atoms with Crippen molar-refractivity contribution in [2.24, 2.45) is 5.41 Å². The minimum Gasteiger partial charge on any atom is -0.351 e. The van der Waals surface area contributed by atoms with Gasteiger partial charge < -0.3 is 5.32 Å². The van der Waals surface area contributed by atoms with Crippen LogP contribution in [0.25, 0.3) is 0 Å². The van der Waals surface area contributed by atoms with Crippen LogP contribution in [0, 0.1) is 12.3 Å². The maximum Gasteiger partial charge on any atom is 0.271 e. The molecule has 1 amide bonds. The van der Waals surface area contributed by atoms with E-state index in [1.165, 1.54) is 19.3 Å². The summed E-state index contributed by atoms with van der Waals surface area (Å²) in [5.74, 6) is -0.220. The fourth-order valence-electron chi connectivity index (χ4n) is 2.83. The molecule has 1 aromatic heterocycles. The van der Waals surface area contributed by atoms with Crippen molar-refractivity contribution in [1.29, 1.82) is 0 Å². The molecule has 1 heterocycles. The summed E-state index contributed by atoms with van der Waals surface area (Å²) < 4.78 is 22.8. The zero-order chi connectivity index (χ0) is 15.7. The maximum absolute atomic E-state index is 12.2. The number of hydrogen-bond donors (Lipinski definition) is 1. The van der Waals surface area contributed by atoms with Crippen LogP contribution in [0.4, 0.5) is 0 Å². The predicted molar refractivity (Wildman–Crippen MR) is 85.6 cm³/mol. The van der Waals surface area contributed by atoms with Gasteiger partial charge in [-0.2, -0.15) is 0 Å². The van der Waals surface area contributed by atoms with Gasteiger partial charge >= 0.3 is 0 Å². The smallest absolute Gasteiger partial charge is 0.271 e. The van der Waals surface area contributed by atoms with Gasteiger partial charge in [0.15, 0.2) is 0 Å². The molecule has 1 saturated carbocycles. The third kappa shape index (κ3) is 3.99. The third-order valence-corrected chi connectivity index (χ3v) is 7.50. The lowest BCUT2D eigenvalue weighted by Gasteiger charge is -2.33. The Labute approximate surface area is 134 Å². The number of nitrogens with one attached hydrogen (secondary N) is 1. The van der Waals surface area contributed by atoms with Crippen LogP contribution < -0.4 is 5.32 Å². The van der Waals surface area contributed by atoms with Crippen LogP contribution >= 0.6 is 22.0 Å². The lowest BCUT2D eigenvalue weighted by molar-refractivity contribution is 0.0919.